The molecule has 0 bridgehead atoms. The van der Waals surface area contributed by atoms with Gasteiger partial charge in [0.1, 0.15) is 12.4 Å². The highest BCUT2D eigenvalue weighted by Crippen LogP contribution is 2.16. The molecule has 1 fully saturated rings. The van der Waals surface area contributed by atoms with Crippen molar-refractivity contribution in [2.45, 2.75) is 25.6 Å². The molecule has 1 aliphatic heterocycles. The summed E-state index contributed by atoms with van der Waals surface area (Å²) in [5, 5.41) is 6.80. The van der Waals surface area contributed by atoms with E-state index >= 15 is 0 Å². The van der Waals surface area contributed by atoms with E-state index in [2.05, 4.69) is 10.6 Å². The second-order valence-corrected chi connectivity index (χ2v) is 6.01. The Morgan fingerprint density at radius 3 is 2.70 bits per heavy atom. The third kappa shape index (κ3) is 4.47. The van der Waals surface area contributed by atoms with Gasteiger partial charge in [0.25, 0.3) is 0 Å². The first-order valence-electron chi connectivity index (χ1n) is 7.68. The third-order valence-electron chi connectivity index (χ3n) is 3.82. The smallest absolute Gasteiger partial charge is 0.237 e. The highest BCUT2D eigenvalue weighted by Gasteiger charge is 2.22. The van der Waals surface area contributed by atoms with E-state index in [1.807, 2.05) is 48.5 Å². The summed E-state index contributed by atoms with van der Waals surface area (Å²) in [5.74, 6) is 0.902. The van der Waals surface area contributed by atoms with E-state index in [4.69, 9.17) is 16.3 Å². The zero-order valence-electron chi connectivity index (χ0n) is 12.7. The molecule has 2 aromatic carbocycles. The summed E-state index contributed by atoms with van der Waals surface area (Å²) in [5.41, 5.74) is 2.16. The fraction of sp³-hybridized carbons (Fsp3) is 0.278. The van der Waals surface area contributed by atoms with Gasteiger partial charge in [0.05, 0.1) is 6.04 Å². The Balaban J connectivity index is 1.49. The molecule has 1 heterocycles. The fourth-order valence-electron chi connectivity index (χ4n) is 2.53. The Morgan fingerprint density at radius 1 is 1.17 bits per heavy atom. The van der Waals surface area contributed by atoms with Gasteiger partial charge >= 0.3 is 0 Å². The van der Waals surface area contributed by atoms with E-state index in [-0.39, 0.29) is 11.9 Å². The molecule has 0 aliphatic carbocycles. The second kappa shape index (κ2) is 7.49. The molecule has 3 rings (SSSR count). The zero-order chi connectivity index (χ0) is 16.1. The SMILES string of the molecule is O=C1NCCC1NCc1ccc(OCc2cccc(Cl)c2)cc1. The summed E-state index contributed by atoms with van der Waals surface area (Å²) in [6.07, 6.45) is 0.847. The van der Waals surface area contributed by atoms with Gasteiger partial charge in [-0.05, 0) is 41.8 Å². The van der Waals surface area contributed by atoms with Gasteiger partial charge in [-0.3, -0.25) is 4.79 Å². The molecule has 1 aliphatic rings. The summed E-state index contributed by atoms with van der Waals surface area (Å²) in [6, 6.07) is 15.5. The maximum absolute atomic E-state index is 11.5. The van der Waals surface area contributed by atoms with Crippen molar-refractivity contribution in [3.8, 4) is 5.75 Å². The number of carbonyl (C=O) groups excluding carboxylic acids is 1. The van der Waals surface area contributed by atoms with Crippen molar-refractivity contribution in [3.63, 3.8) is 0 Å². The number of carbonyl (C=O) groups is 1. The van der Waals surface area contributed by atoms with Crippen LogP contribution < -0.4 is 15.4 Å². The average Bonchev–Trinajstić information content (AvgIpc) is 2.97. The highest BCUT2D eigenvalue weighted by molar-refractivity contribution is 6.30. The molecular weight excluding hydrogens is 312 g/mol. The van der Waals surface area contributed by atoms with Crippen LogP contribution in [0.15, 0.2) is 48.5 Å². The van der Waals surface area contributed by atoms with Gasteiger partial charge in [0, 0.05) is 18.1 Å². The van der Waals surface area contributed by atoms with Crippen LogP contribution in [0.25, 0.3) is 0 Å². The van der Waals surface area contributed by atoms with E-state index in [0.29, 0.717) is 18.2 Å². The van der Waals surface area contributed by atoms with Crippen LogP contribution in [-0.4, -0.2) is 18.5 Å². The fourth-order valence-corrected chi connectivity index (χ4v) is 2.74. The number of rotatable bonds is 6. The van der Waals surface area contributed by atoms with Gasteiger partial charge in [0.2, 0.25) is 5.91 Å². The lowest BCUT2D eigenvalue weighted by Gasteiger charge is -2.11. The molecule has 4 nitrogen and oxygen atoms in total. The van der Waals surface area contributed by atoms with Crippen molar-refractivity contribution in [3.05, 3.63) is 64.7 Å². The largest absolute Gasteiger partial charge is 0.489 e. The number of hydrogen-bond donors (Lipinski definition) is 2. The third-order valence-corrected chi connectivity index (χ3v) is 4.05. The molecular formula is C18H19ClN2O2. The number of nitrogens with one attached hydrogen (secondary N) is 2. The molecule has 23 heavy (non-hydrogen) atoms. The van der Waals surface area contributed by atoms with Gasteiger partial charge in [0.15, 0.2) is 0 Å². The summed E-state index contributed by atoms with van der Waals surface area (Å²) >= 11 is 5.96. The molecule has 1 amide bonds. The van der Waals surface area contributed by atoms with E-state index < -0.39 is 0 Å². The zero-order valence-corrected chi connectivity index (χ0v) is 13.5. The van der Waals surface area contributed by atoms with Crippen LogP contribution in [0.2, 0.25) is 5.02 Å². The molecule has 0 radical (unpaired) electrons. The molecule has 0 saturated carbocycles. The minimum absolute atomic E-state index is 0.0752. The maximum atomic E-state index is 11.5. The van der Waals surface area contributed by atoms with Crippen molar-refractivity contribution in [2.24, 2.45) is 0 Å². The first-order chi connectivity index (χ1) is 11.2. The number of hydrogen-bond acceptors (Lipinski definition) is 3. The molecule has 1 atom stereocenters. The number of benzene rings is 2. The topological polar surface area (TPSA) is 50.4 Å². The Labute approximate surface area is 140 Å². The Bertz CT molecular complexity index is 673. The van der Waals surface area contributed by atoms with Crippen molar-refractivity contribution >= 4 is 17.5 Å². The van der Waals surface area contributed by atoms with E-state index in [1.54, 1.807) is 0 Å². The summed E-state index contributed by atoms with van der Waals surface area (Å²) < 4.78 is 5.75. The summed E-state index contributed by atoms with van der Waals surface area (Å²) in [4.78, 5) is 11.5. The molecule has 0 aromatic heterocycles. The van der Waals surface area contributed by atoms with Crippen molar-refractivity contribution < 1.29 is 9.53 Å². The summed E-state index contributed by atoms with van der Waals surface area (Å²) in [7, 11) is 0. The maximum Gasteiger partial charge on any atom is 0.237 e. The second-order valence-electron chi connectivity index (χ2n) is 5.58. The van der Waals surface area contributed by atoms with Crippen LogP contribution in [0.3, 0.4) is 0 Å². The van der Waals surface area contributed by atoms with Crippen LogP contribution in [0.1, 0.15) is 17.5 Å². The van der Waals surface area contributed by atoms with Gasteiger partial charge in [-0.2, -0.15) is 0 Å². The first-order valence-corrected chi connectivity index (χ1v) is 8.06. The van der Waals surface area contributed by atoms with Gasteiger partial charge in [-0.1, -0.05) is 35.9 Å². The number of ether oxygens (including phenoxy) is 1. The molecule has 2 N–H and O–H groups in total. The van der Waals surface area contributed by atoms with Crippen molar-refractivity contribution in [1.29, 1.82) is 0 Å². The molecule has 0 spiro atoms. The minimum Gasteiger partial charge on any atom is -0.489 e. The standard InChI is InChI=1S/C18H19ClN2O2/c19-15-3-1-2-14(10-15)12-23-16-6-4-13(5-7-16)11-21-17-8-9-20-18(17)22/h1-7,10,17,21H,8-9,11-12H2,(H,20,22). The predicted octanol–water partition coefficient (Wildman–Crippen LogP) is 2.90. The molecule has 1 unspecified atom stereocenters. The Hall–Kier alpha value is -2.04. The van der Waals surface area contributed by atoms with Crippen LogP contribution in [-0.2, 0) is 17.9 Å². The monoisotopic (exact) mass is 330 g/mol. The highest BCUT2D eigenvalue weighted by atomic mass is 35.5. The van der Waals surface area contributed by atoms with Crippen LogP contribution >= 0.6 is 11.6 Å². The van der Waals surface area contributed by atoms with E-state index in [0.717, 1.165) is 29.8 Å². The summed E-state index contributed by atoms with van der Waals surface area (Å²) in [6.45, 7) is 1.92. The van der Waals surface area contributed by atoms with Crippen molar-refractivity contribution in [2.75, 3.05) is 6.54 Å². The van der Waals surface area contributed by atoms with Crippen LogP contribution in [0.4, 0.5) is 0 Å². The normalized spacial score (nSPS) is 17.1. The van der Waals surface area contributed by atoms with Gasteiger partial charge in [-0.15, -0.1) is 0 Å². The van der Waals surface area contributed by atoms with Crippen LogP contribution in [0, 0.1) is 0 Å². The number of halogens is 1. The van der Waals surface area contributed by atoms with Gasteiger partial charge in [-0.25, -0.2) is 0 Å². The molecule has 1 saturated heterocycles. The minimum atomic E-state index is -0.0752. The molecule has 5 heteroatoms. The molecule has 2 aromatic rings. The average molecular weight is 331 g/mol. The van der Waals surface area contributed by atoms with Crippen LogP contribution in [0.5, 0.6) is 5.75 Å². The Kier molecular flexibility index (Phi) is 5.16. The molecule has 120 valence electrons. The van der Waals surface area contributed by atoms with E-state index in [9.17, 15) is 4.79 Å². The lowest BCUT2D eigenvalue weighted by atomic mass is 10.2. The Morgan fingerprint density at radius 2 is 2.00 bits per heavy atom. The van der Waals surface area contributed by atoms with Crippen molar-refractivity contribution in [1.82, 2.24) is 10.6 Å². The quantitative estimate of drug-likeness (QED) is 0.856. The van der Waals surface area contributed by atoms with E-state index in [1.165, 1.54) is 0 Å². The lowest BCUT2D eigenvalue weighted by Crippen LogP contribution is -2.35. The lowest BCUT2D eigenvalue weighted by molar-refractivity contribution is -0.120. The first kappa shape index (κ1) is 15.8. The van der Waals surface area contributed by atoms with Gasteiger partial charge < -0.3 is 15.4 Å². The predicted molar refractivity (Wildman–Crippen MR) is 90.5 cm³/mol. The number of amides is 1.